The monoisotopic (exact) mass is 247 g/mol. The van der Waals surface area contributed by atoms with E-state index in [1.807, 2.05) is 19.1 Å². The maximum atomic E-state index is 13.0. The third-order valence-corrected chi connectivity index (χ3v) is 2.49. The van der Waals surface area contributed by atoms with Gasteiger partial charge in [-0.05, 0) is 37.3 Å². The SMILES string of the molecule is Cc1ccc(NC(=O)c2ccc(F)c(F)c2)cc1. The molecule has 1 N–H and O–H groups in total. The minimum atomic E-state index is -1.04. The Morgan fingerprint density at radius 3 is 2.28 bits per heavy atom. The van der Waals surface area contributed by atoms with Crippen molar-refractivity contribution in [2.75, 3.05) is 5.32 Å². The van der Waals surface area contributed by atoms with Gasteiger partial charge in [0.05, 0.1) is 0 Å². The third kappa shape index (κ3) is 2.71. The number of hydrogen-bond donors (Lipinski definition) is 1. The first kappa shape index (κ1) is 12.2. The van der Waals surface area contributed by atoms with Gasteiger partial charge in [0, 0.05) is 11.3 Å². The lowest BCUT2D eigenvalue weighted by Crippen LogP contribution is -2.12. The van der Waals surface area contributed by atoms with Crippen LogP contribution >= 0.6 is 0 Å². The van der Waals surface area contributed by atoms with Crippen molar-refractivity contribution in [3.05, 3.63) is 65.2 Å². The normalized spacial score (nSPS) is 10.2. The molecule has 0 bridgehead atoms. The van der Waals surface area contributed by atoms with Crippen LogP contribution in [-0.2, 0) is 0 Å². The Bertz CT molecular complexity index is 579. The lowest BCUT2D eigenvalue weighted by Gasteiger charge is -2.05. The Labute approximate surface area is 103 Å². The number of carbonyl (C=O) groups excluding carboxylic acids is 1. The van der Waals surface area contributed by atoms with Gasteiger partial charge in [-0.3, -0.25) is 4.79 Å². The summed E-state index contributed by atoms with van der Waals surface area (Å²) in [5, 5.41) is 2.60. The van der Waals surface area contributed by atoms with Gasteiger partial charge < -0.3 is 5.32 Å². The van der Waals surface area contributed by atoms with Crippen molar-refractivity contribution in [3.8, 4) is 0 Å². The summed E-state index contributed by atoms with van der Waals surface area (Å²) in [5.74, 6) is -2.48. The highest BCUT2D eigenvalue weighted by molar-refractivity contribution is 6.04. The lowest BCUT2D eigenvalue weighted by atomic mass is 10.2. The predicted molar refractivity (Wildman–Crippen MR) is 65.5 cm³/mol. The van der Waals surface area contributed by atoms with Gasteiger partial charge in [-0.1, -0.05) is 17.7 Å². The van der Waals surface area contributed by atoms with Crippen LogP contribution in [0.5, 0.6) is 0 Å². The van der Waals surface area contributed by atoms with E-state index in [2.05, 4.69) is 5.32 Å². The Hall–Kier alpha value is -2.23. The second-order valence-electron chi connectivity index (χ2n) is 3.95. The standard InChI is InChI=1S/C14H11F2NO/c1-9-2-5-11(6-3-9)17-14(18)10-4-7-12(15)13(16)8-10/h2-8H,1H3,(H,17,18). The van der Waals surface area contributed by atoms with Crippen LogP contribution in [0.1, 0.15) is 15.9 Å². The van der Waals surface area contributed by atoms with E-state index in [9.17, 15) is 13.6 Å². The average molecular weight is 247 g/mol. The average Bonchev–Trinajstić information content (AvgIpc) is 2.35. The third-order valence-electron chi connectivity index (χ3n) is 2.49. The first-order chi connectivity index (χ1) is 8.56. The van der Waals surface area contributed by atoms with E-state index in [-0.39, 0.29) is 5.56 Å². The quantitative estimate of drug-likeness (QED) is 0.864. The zero-order valence-electron chi connectivity index (χ0n) is 9.71. The number of benzene rings is 2. The Kier molecular flexibility index (Phi) is 3.37. The molecule has 0 saturated carbocycles. The number of rotatable bonds is 2. The number of anilines is 1. The molecule has 0 unspecified atom stereocenters. The van der Waals surface area contributed by atoms with Crippen molar-refractivity contribution in [1.82, 2.24) is 0 Å². The predicted octanol–water partition coefficient (Wildman–Crippen LogP) is 3.53. The number of hydrogen-bond acceptors (Lipinski definition) is 1. The van der Waals surface area contributed by atoms with Gasteiger partial charge in [0.1, 0.15) is 0 Å². The molecule has 0 aliphatic carbocycles. The minimum absolute atomic E-state index is 0.0782. The molecule has 0 spiro atoms. The van der Waals surface area contributed by atoms with Gasteiger partial charge in [-0.25, -0.2) is 8.78 Å². The van der Waals surface area contributed by atoms with Crippen molar-refractivity contribution >= 4 is 11.6 Å². The largest absolute Gasteiger partial charge is 0.322 e. The van der Waals surface area contributed by atoms with Crippen molar-refractivity contribution in [2.24, 2.45) is 0 Å². The zero-order chi connectivity index (χ0) is 13.1. The van der Waals surface area contributed by atoms with Crippen molar-refractivity contribution in [3.63, 3.8) is 0 Å². The highest BCUT2D eigenvalue weighted by atomic mass is 19.2. The fraction of sp³-hybridized carbons (Fsp3) is 0.0714. The van der Waals surface area contributed by atoms with Gasteiger partial charge in [-0.2, -0.15) is 0 Å². The van der Waals surface area contributed by atoms with Crippen LogP contribution in [0.4, 0.5) is 14.5 Å². The van der Waals surface area contributed by atoms with Gasteiger partial charge in [-0.15, -0.1) is 0 Å². The smallest absolute Gasteiger partial charge is 0.255 e. The molecule has 92 valence electrons. The van der Waals surface area contributed by atoms with Crippen LogP contribution < -0.4 is 5.32 Å². The molecular weight excluding hydrogens is 236 g/mol. The van der Waals surface area contributed by atoms with Gasteiger partial charge in [0.25, 0.3) is 5.91 Å². The molecule has 4 heteroatoms. The maximum Gasteiger partial charge on any atom is 0.255 e. The molecule has 2 aromatic rings. The van der Waals surface area contributed by atoms with Crippen LogP contribution in [0.25, 0.3) is 0 Å². The van der Waals surface area contributed by atoms with Gasteiger partial charge >= 0.3 is 0 Å². The number of aryl methyl sites for hydroxylation is 1. The Balaban J connectivity index is 2.16. The van der Waals surface area contributed by atoms with E-state index in [0.717, 1.165) is 17.7 Å². The topological polar surface area (TPSA) is 29.1 Å². The highest BCUT2D eigenvalue weighted by Gasteiger charge is 2.09. The summed E-state index contributed by atoms with van der Waals surface area (Å²) in [6, 6.07) is 10.2. The summed E-state index contributed by atoms with van der Waals surface area (Å²) in [5.41, 5.74) is 1.76. The van der Waals surface area contributed by atoms with E-state index < -0.39 is 17.5 Å². The summed E-state index contributed by atoms with van der Waals surface area (Å²) in [6.07, 6.45) is 0. The van der Waals surface area contributed by atoms with E-state index in [0.29, 0.717) is 5.69 Å². The maximum absolute atomic E-state index is 13.0. The summed E-state index contributed by atoms with van der Waals surface area (Å²) in [6.45, 7) is 1.93. The molecule has 2 aromatic carbocycles. The fourth-order valence-electron chi connectivity index (χ4n) is 1.48. The molecule has 0 atom stereocenters. The molecular formula is C14H11F2NO. The number of nitrogens with one attached hydrogen (secondary N) is 1. The van der Waals surface area contributed by atoms with E-state index in [1.165, 1.54) is 6.07 Å². The molecule has 0 radical (unpaired) electrons. The van der Waals surface area contributed by atoms with Crippen LogP contribution in [0.2, 0.25) is 0 Å². The van der Waals surface area contributed by atoms with Crippen molar-refractivity contribution in [1.29, 1.82) is 0 Å². The fourth-order valence-corrected chi connectivity index (χ4v) is 1.48. The van der Waals surface area contributed by atoms with Gasteiger partial charge in [0.2, 0.25) is 0 Å². The molecule has 2 rings (SSSR count). The first-order valence-corrected chi connectivity index (χ1v) is 5.39. The van der Waals surface area contributed by atoms with Crippen LogP contribution in [-0.4, -0.2) is 5.91 Å². The molecule has 1 amide bonds. The van der Waals surface area contributed by atoms with E-state index in [4.69, 9.17) is 0 Å². The van der Waals surface area contributed by atoms with Crippen LogP contribution in [0.3, 0.4) is 0 Å². The van der Waals surface area contributed by atoms with Crippen LogP contribution in [0, 0.1) is 18.6 Å². The van der Waals surface area contributed by atoms with E-state index in [1.54, 1.807) is 12.1 Å². The number of halogens is 2. The van der Waals surface area contributed by atoms with Crippen LogP contribution in [0.15, 0.2) is 42.5 Å². The summed E-state index contributed by atoms with van der Waals surface area (Å²) >= 11 is 0. The van der Waals surface area contributed by atoms with Gasteiger partial charge in [0.15, 0.2) is 11.6 Å². The van der Waals surface area contributed by atoms with E-state index >= 15 is 0 Å². The Morgan fingerprint density at radius 2 is 1.67 bits per heavy atom. The summed E-state index contributed by atoms with van der Waals surface area (Å²) < 4.78 is 25.7. The summed E-state index contributed by atoms with van der Waals surface area (Å²) in [4.78, 5) is 11.8. The second kappa shape index (κ2) is 4.96. The molecule has 0 fully saturated rings. The molecule has 0 saturated heterocycles. The minimum Gasteiger partial charge on any atom is -0.322 e. The summed E-state index contributed by atoms with van der Waals surface area (Å²) in [7, 11) is 0. The van der Waals surface area contributed by atoms with Crippen molar-refractivity contribution in [2.45, 2.75) is 6.92 Å². The lowest BCUT2D eigenvalue weighted by molar-refractivity contribution is 0.102. The molecule has 0 aliphatic heterocycles. The number of carbonyl (C=O) groups is 1. The molecule has 0 aromatic heterocycles. The number of amides is 1. The first-order valence-electron chi connectivity index (χ1n) is 5.39. The molecule has 2 nitrogen and oxygen atoms in total. The molecule has 18 heavy (non-hydrogen) atoms. The molecule has 0 heterocycles. The highest BCUT2D eigenvalue weighted by Crippen LogP contribution is 2.13. The zero-order valence-corrected chi connectivity index (χ0v) is 9.71. The molecule has 0 aliphatic rings. The second-order valence-corrected chi connectivity index (χ2v) is 3.95. The van der Waals surface area contributed by atoms with Crippen molar-refractivity contribution < 1.29 is 13.6 Å². The Morgan fingerprint density at radius 1 is 1.00 bits per heavy atom.